The maximum absolute atomic E-state index is 11.0. The molecule has 0 saturated carbocycles. The van der Waals surface area contributed by atoms with Crippen LogP contribution in [0.25, 0.3) is 0 Å². The highest BCUT2D eigenvalue weighted by Crippen LogP contribution is 2.37. The second-order valence-corrected chi connectivity index (χ2v) is 4.92. The number of fused-ring (bicyclic) bond motifs is 1. The van der Waals surface area contributed by atoms with E-state index in [9.17, 15) is 4.79 Å². The summed E-state index contributed by atoms with van der Waals surface area (Å²) >= 11 is 3.57. The van der Waals surface area contributed by atoms with Crippen LogP contribution in [-0.2, 0) is 12.8 Å². The summed E-state index contributed by atoms with van der Waals surface area (Å²) in [4.78, 5) is 11.0. The van der Waals surface area contributed by atoms with Crippen LogP contribution in [0, 0.1) is 0 Å². The number of hydrogen-bond donors (Lipinski definition) is 0. The molecule has 0 N–H and O–H groups in total. The van der Waals surface area contributed by atoms with E-state index in [-0.39, 0.29) is 0 Å². The van der Waals surface area contributed by atoms with Crippen molar-refractivity contribution in [2.24, 2.45) is 0 Å². The van der Waals surface area contributed by atoms with Crippen molar-refractivity contribution >= 4 is 22.2 Å². The van der Waals surface area contributed by atoms with Gasteiger partial charge >= 0.3 is 0 Å². The third-order valence-corrected chi connectivity index (χ3v) is 3.99. The number of hydrogen-bond acceptors (Lipinski definition) is 2. The first kappa shape index (κ1) is 11.6. The van der Waals surface area contributed by atoms with Gasteiger partial charge < -0.3 is 4.74 Å². The standard InChI is InChI=1S/C13H15BrO2/c1-16-13-10(8-15)7-9-5-3-2-4-6-11(9)12(13)14/h7-8H,2-6H2,1H3. The second-order valence-electron chi connectivity index (χ2n) is 4.13. The van der Waals surface area contributed by atoms with Crippen molar-refractivity contribution in [1.29, 1.82) is 0 Å². The van der Waals surface area contributed by atoms with Crippen LogP contribution in [0.3, 0.4) is 0 Å². The van der Waals surface area contributed by atoms with Gasteiger partial charge in [-0.15, -0.1) is 0 Å². The predicted octanol–water partition coefficient (Wildman–Crippen LogP) is 3.54. The molecule has 0 unspecified atom stereocenters. The van der Waals surface area contributed by atoms with Crippen molar-refractivity contribution in [1.82, 2.24) is 0 Å². The van der Waals surface area contributed by atoms with Crippen molar-refractivity contribution in [3.8, 4) is 5.75 Å². The number of rotatable bonds is 2. The van der Waals surface area contributed by atoms with E-state index in [4.69, 9.17) is 4.74 Å². The molecule has 0 spiro atoms. The minimum atomic E-state index is 0.648. The van der Waals surface area contributed by atoms with Gasteiger partial charge in [0.1, 0.15) is 5.75 Å². The van der Waals surface area contributed by atoms with Gasteiger partial charge in [-0.3, -0.25) is 4.79 Å². The number of methoxy groups -OCH3 is 1. The molecule has 1 aliphatic carbocycles. The summed E-state index contributed by atoms with van der Waals surface area (Å²) in [6, 6.07) is 1.98. The van der Waals surface area contributed by atoms with Crippen molar-refractivity contribution in [2.75, 3.05) is 7.11 Å². The minimum Gasteiger partial charge on any atom is -0.495 e. The fourth-order valence-corrected chi connectivity index (χ4v) is 3.17. The first-order chi connectivity index (χ1) is 7.77. The van der Waals surface area contributed by atoms with Crippen LogP contribution in [0.1, 0.15) is 40.7 Å². The predicted molar refractivity (Wildman–Crippen MR) is 67.3 cm³/mol. The Morgan fingerprint density at radius 1 is 1.31 bits per heavy atom. The van der Waals surface area contributed by atoms with Gasteiger partial charge in [0.05, 0.1) is 17.1 Å². The number of aldehydes is 1. The normalized spacial score (nSPS) is 15.1. The van der Waals surface area contributed by atoms with E-state index in [0.29, 0.717) is 11.3 Å². The first-order valence-corrected chi connectivity index (χ1v) is 6.40. The van der Waals surface area contributed by atoms with E-state index in [1.54, 1.807) is 7.11 Å². The topological polar surface area (TPSA) is 26.3 Å². The Morgan fingerprint density at radius 3 is 2.75 bits per heavy atom. The van der Waals surface area contributed by atoms with E-state index in [2.05, 4.69) is 15.9 Å². The highest BCUT2D eigenvalue weighted by Gasteiger charge is 2.18. The highest BCUT2D eigenvalue weighted by atomic mass is 79.9. The van der Waals surface area contributed by atoms with Crippen LogP contribution < -0.4 is 4.74 Å². The molecule has 2 nitrogen and oxygen atoms in total. The van der Waals surface area contributed by atoms with Gasteiger partial charge in [-0.25, -0.2) is 0 Å². The van der Waals surface area contributed by atoms with Crippen LogP contribution >= 0.6 is 15.9 Å². The molecule has 0 aliphatic heterocycles. The minimum absolute atomic E-state index is 0.648. The zero-order valence-electron chi connectivity index (χ0n) is 9.38. The molecule has 0 amide bonds. The molecule has 1 aliphatic rings. The van der Waals surface area contributed by atoms with E-state index in [0.717, 1.165) is 23.6 Å². The Labute approximate surface area is 104 Å². The molecule has 1 aromatic carbocycles. The Morgan fingerprint density at radius 2 is 2.06 bits per heavy atom. The summed E-state index contributed by atoms with van der Waals surface area (Å²) in [5, 5.41) is 0. The summed E-state index contributed by atoms with van der Waals surface area (Å²) in [7, 11) is 1.61. The van der Waals surface area contributed by atoms with Gasteiger partial charge in [-0.2, -0.15) is 0 Å². The van der Waals surface area contributed by atoms with Crippen molar-refractivity contribution in [3.63, 3.8) is 0 Å². The highest BCUT2D eigenvalue weighted by molar-refractivity contribution is 9.10. The summed E-state index contributed by atoms with van der Waals surface area (Å²) in [6.07, 6.45) is 6.71. The van der Waals surface area contributed by atoms with Gasteiger partial charge in [0.2, 0.25) is 0 Å². The SMILES string of the molecule is COc1c(C=O)cc2c(c1Br)CCCCC2. The lowest BCUT2D eigenvalue weighted by Crippen LogP contribution is -2.00. The molecule has 0 heterocycles. The third kappa shape index (κ3) is 2.01. The maximum Gasteiger partial charge on any atom is 0.153 e. The van der Waals surface area contributed by atoms with E-state index in [1.807, 2.05) is 6.07 Å². The number of benzene rings is 1. The zero-order chi connectivity index (χ0) is 11.5. The third-order valence-electron chi connectivity index (χ3n) is 3.15. The molecule has 0 atom stereocenters. The average Bonchev–Trinajstić information content (AvgIpc) is 2.54. The number of carbonyl (C=O) groups is 1. The Hall–Kier alpha value is -0.830. The largest absolute Gasteiger partial charge is 0.495 e. The molecule has 0 fully saturated rings. The van der Waals surface area contributed by atoms with Crippen LogP contribution in [0.5, 0.6) is 5.75 Å². The molecular weight excluding hydrogens is 268 g/mol. The molecule has 2 rings (SSSR count). The Bertz CT molecular complexity index is 413. The van der Waals surface area contributed by atoms with Crippen LogP contribution in [0.2, 0.25) is 0 Å². The molecule has 1 aromatic rings. The lowest BCUT2D eigenvalue weighted by atomic mass is 9.99. The van der Waals surface area contributed by atoms with Crippen LogP contribution in [0.4, 0.5) is 0 Å². The molecule has 0 aromatic heterocycles. The van der Waals surface area contributed by atoms with E-state index < -0.39 is 0 Å². The summed E-state index contributed by atoms with van der Waals surface area (Å²) in [6.45, 7) is 0. The molecular formula is C13H15BrO2. The van der Waals surface area contributed by atoms with Crippen molar-refractivity contribution < 1.29 is 9.53 Å². The molecule has 3 heteroatoms. The van der Waals surface area contributed by atoms with Crippen LogP contribution in [0.15, 0.2) is 10.5 Å². The quantitative estimate of drug-likeness (QED) is 0.613. The average molecular weight is 283 g/mol. The van der Waals surface area contributed by atoms with Crippen molar-refractivity contribution in [2.45, 2.75) is 32.1 Å². The number of aryl methyl sites for hydroxylation is 1. The Balaban J connectivity index is 2.58. The van der Waals surface area contributed by atoms with Gasteiger partial charge in [-0.05, 0) is 58.8 Å². The molecule has 0 bridgehead atoms. The van der Waals surface area contributed by atoms with Gasteiger partial charge in [-0.1, -0.05) is 6.42 Å². The molecule has 16 heavy (non-hydrogen) atoms. The summed E-state index contributed by atoms with van der Waals surface area (Å²) in [5.41, 5.74) is 3.27. The van der Waals surface area contributed by atoms with Gasteiger partial charge in [0.15, 0.2) is 6.29 Å². The first-order valence-electron chi connectivity index (χ1n) is 5.61. The van der Waals surface area contributed by atoms with Crippen molar-refractivity contribution in [3.05, 3.63) is 27.2 Å². The lowest BCUT2D eigenvalue weighted by Gasteiger charge is -2.14. The van der Waals surface area contributed by atoms with Gasteiger partial charge in [0.25, 0.3) is 0 Å². The monoisotopic (exact) mass is 282 g/mol. The molecule has 86 valence electrons. The summed E-state index contributed by atoms with van der Waals surface area (Å²) < 4.78 is 6.26. The fourth-order valence-electron chi connectivity index (χ4n) is 2.33. The maximum atomic E-state index is 11.0. The van der Waals surface area contributed by atoms with Gasteiger partial charge in [0, 0.05) is 0 Å². The molecule has 0 saturated heterocycles. The smallest absolute Gasteiger partial charge is 0.153 e. The van der Waals surface area contributed by atoms with E-state index in [1.165, 1.54) is 30.4 Å². The lowest BCUT2D eigenvalue weighted by molar-refractivity contribution is 0.112. The number of halogens is 1. The fraction of sp³-hybridized carbons (Fsp3) is 0.462. The summed E-state index contributed by atoms with van der Waals surface area (Å²) in [5.74, 6) is 0.677. The zero-order valence-corrected chi connectivity index (χ0v) is 11.0. The second kappa shape index (κ2) is 5.00. The number of ether oxygens (including phenoxy) is 1. The van der Waals surface area contributed by atoms with Crippen LogP contribution in [-0.4, -0.2) is 13.4 Å². The number of carbonyl (C=O) groups excluding carboxylic acids is 1. The molecule has 0 radical (unpaired) electrons. The van der Waals surface area contributed by atoms with E-state index >= 15 is 0 Å². The Kier molecular flexibility index (Phi) is 3.64.